The minimum atomic E-state index is -0.540. The van der Waals surface area contributed by atoms with Crippen LogP contribution in [0, 0.1) is 0 Å². The summed E-state index contributed by atoms with van der Waals surface area (Å²) in [6.45, 7) is 4.54. The molecule has 2 amide bonds. The standard InChI is InChI=1S/C22H25BrN2O6/c1-3-11-29-19-10-7-16(13-18(19)23)21(27)25-24-20(26)14-31-17-8-5-15(6-9-17)22(28)30-12-4-2/h5-10,13H,3-4,11-12,14H2,1-2H3,(H,24,26)(H,25,27). The van der Waals surface area contributed by atoms with Gasteiger partial charge in [-0.2, -0.15) is 0 Å². The maximum Gasteiger partial charge on any atom is 0.338 e. The lowest BCUT2D eigenvalue weighted by Gasteiger charge is -2.11. The summed E-state index contributed by atoms with van der Waals surface area (Å²) in [6.07, 6.45) is 1.62. The minimum absolute atomic E-state index is 0.312. The largest absolute Gasteiger partial charge is 0.492 e. The summed E-state index contributed by atoms with van der Waals surface area (Å²) in [5.41, 5.74) is 5.36. The zero-order valence-electron chi connectivity index (χ0n) is 17.4. The Bertz CT molecular complexity index is 901. The van der Waals surface area contributed by atoms with Crippen LogP contribution in [0.1, 0.15) is 47.4 Å². The first-order valence-electron chi connectivity index (χ1n) is 9.86. The molecule has 31 heavy (non-hydrogen) atoms. The van der Waals surface area contributed by atoms with Crippen molar-refractivity contribution < 1.29 is 28.6 Å². The average molecular weight is 493 g/mol. The van der Waals surface area contributed by atoms with Gasteiger partial charge in [0, 0.05) is 5.56 Å². The number of hydrogen-bond acceptors (Lipinski definition) is 6. The number of benzene rings is 2. The Morgan fingerprint density at radius 2 is 1.55 bits per heavy atom. The Morgan fingerprint density at radius 3 is 2.19 bits per heavy atom. The Kier molecular flexibility index (Phi) is 9.83. The molecule has 0 atom stereocenters. The van der Waals surface area contributed by atoms with Crippen LogP contribution in [0.5, 0.6) is 11.5 Å². The van der Waals surface area contributed by atoms with Crippen LogP contribution in [0.3, 0.4) is 0 Å². The SMILES string of the molecule is CCCOC(=O)c1ccc(OCC(=O)NNC(=O)c2ccc(OCCC)c(Br)c2)cc1. The highest BCUT2D eigenvalue weighted by Gasteiger charge is 2.11. The molecule has 8 nitrogen and oxygen atoms in total. The van der Waals surface area contributed by atoms with Crippen molar-refractivity contribution in [2.45, 2.75) is 26.7 Å². The zero-order chi connectivity index (χ0) is 22.6. The van der Waals surface area contributed by atoms with Crippen LogP contribution in [0.2, 0.25) is 0 Å². The van der Waals surface area contributed by atoms with Crippen molar-refractivity contribution in [3.05, 3.63) is 58.1 Å². The molecule has 2 aromatic carbocycles. The quantitative estimate of drug-likeness (QED) is 0.387. The normalized spacial score (nSPS) is 10.2. The molecular weight excluding hydrogens is 468 g/mol. The van der Waals surface area contributed by atoms with Crippen molar-refractivity contribution in [3.8, 4) is 11.5 Å². The molecule has 9 heteroatoms. The van der Waals surface area contributed by atoms with E-state index >= 15 is 0 Å². The number of hydrogen-bond donors (Lipinski definition) is 2. The summed E-state index contributed by atoms with van der Waals surface area (Å²) in [6, 6.07) is 11.1. The Balaban J connectivity index is 1.78. The second-order valence-corrected chi connectivity index (χ2v) is 7.30. The molecule has 2 N–H and O–H groups in total. The van der Waals surface area contributed by atoms with Crippen LogP contribution in [0.25, 0.3) is 0 Å². The van der Waals surface area contributed by atoms with Gasteiger partial charge in [-0.15, -0.1) is 0 Å². The number of nitrogens with one attached hydrogen (secondary N) is 2. The van der Waals surface area contributed by atoms with E-state index in [-0.39, 0.29) is 6.61 Å². The van der Waals surface area contributed by atoms with Gasteiger partial charge in [-0.05, 0) is 71.2 Å². The van der Waals surface area contributed by atoms with E-state index in [1.54, 1.807) is 42.5 Å². The fourth-order valence-electron chi connectivity index (χ4n) is 2.32. The second kappa shape index (κ2) is 12.6. The maximum absolute atomic E-state index is 12.2. The van der Waals surface area contributed by atoms with E-state index in [2.05, 4.69) is 26.8 Å². The van der Waals surface area contributed by atoms with E-state index < -0.39 is 17.8 Å². The summed E-state index contributed by atoms with van der Waals surface area (Å²) in [7, 11) is 0. The van der Waals surface area contributed by atoms with Crippen molar-refractivity contribution in [3.63, 3.8) is 0 Å². The van der Waals surface area contributed by atoms with Gasteiger partial charge < -0.3 is 14.2 Å². The lowest BCUT2D eigenvalue weighted by atomic mass is 10.2. The smallest absolute Gasteiger partial charge is 0.338 e. The molecule has 0 saturated heterocycles. The van der Waals surface area contributed by atoms with Gasteiger partial charge in [0.05, 0.1) is 23.2 Å². The molecule has 0 aliphatic heterocycles. The molecular formula is C22H25BrN2O6. The third-order valence-electron chi connectivity index (χ3n) is 3.87. The molecule has 0 aliphatic carbocycles. The van der Waals surface area contributed by atoms with Crippen LogP contribution in [0.15, 0.2) is 46.9 Å². The van der Waals surface area contributed by atoms with Crippen LogP contribution in [0.4, 0.5) is 0 Å². The van der Waals surface area contributed by atoms with Gasteiger partial charge in [-0.25, -0.2) is 4.79 Å². The summed E-state index contributed by atoms with van der Waals surface area (Å²) in [5, 5.41) is 0. The summed E-state index contributed by atoms with van der Waals surface area (Å²) in [4.78, 5) is 35.9. The van der Waals surface area contributed by atoms with Gasteiger partial charge in [-0.3, -0.25) is 20.4 Å². The number of carbonyl (C=O) groups excluding carboxylic acids is 3. The van der Waals surface area contributed by atoms with Gasteiger partial charge >= 0.3 is 5.97 Å². The highest BCUT2D eigenvalue weighted by Crippen LogP contribution is 2.26. The highest BCUT2D eigenvalue weighted by molar-refractivity contribution is 9.10. The van der Waals surface area contributed by atoms with Crippen molar-refractivity contribution in [2.24, 2.45) is 0 Å². The highest BCUT2D eigenvalue weighted by atomic mass is 79.9. The zero-order valence-corrected chi connectivity index (χ0v) is 19.0. The first kappa shape index (κ1) is 24.2. The monoisotopic (exact) mass is 492 g/mol. The molecule has 0 spiro atoms. The van der Waals surface area contributed by atoms with Gasteiger partial charge in [0.25, 0.3) is 11.8 Å². The number of hydrazine groups is 1. The molecule has 0 heterocycles. The number of esters is 1. The topological polar surface area (TPSA) is 103 Å². The predicted molar refractivity (Wildman–Crippen MR) is 118 cm³/mol. The molecule has 0 aromatic heterocycles. The number of carbonyl (C=O) groups is 3. The van der Waals surface area contributed by atoms with E-state index in [0.717, 1.165) is 12.8 Å². The molecule has 0 radical (unpaired) electrons. The molecule has 0 fully saturated rings. The van der Waals surface area contributed by atoms with Crippen molar-refractivity contribution in [1.82, 2.24) is 10.9 Å². The first-order valence-corrected chi connectivity index (χ1v) is 10.6. The summed E-state index contributed by atoms with van der Waals surface area (Å²) >= 11 is 3.36. The van der Waals surface area contributed by atoms with E-state index in [1.807, 2.05) is 13.8 Å². The Labute approximate surface area is 189 Å². The van der Waals surface area contributed by atoms with Crippen molar-refractivity contribution >= 4 is 33.7 Å². The lowest BCUT2D eigenvalue weighted by molar-refractivity contribution is -0.123. The fourth-order valence-corrected chi connectivity index (χ4v) is 2.81. The van der Waals surface area contributed by atoms with Gasteiger partial charge in [0.2, 0.25) is 0 Å². The third-order valence-corrected chi connectivity index (χ3v) is 4.49. The molecule has 0 bridgehead atoms. The van der Waals surface area contributed by atoms with Crippen molar-refractivity contribution in [1.29, 1.82) is 0 Å². The predicted octanol–water partition coefficient (Wildman–Crippen LogP) is 3.64. The maximum atomic E-state index is 12.2. The molecule has 0 saturated carbocycles. The van der Waals surface area contributed by atoms with E-state index in [0.29, 0.717) is 40.3 Å². The fraction of sp³-hybridized carbons (Fsp3) is 0.318. The number of rotatable bonds is 10. The van der Waals surface area contributed by atoms with E-state index in [1.165, 1.54) is 0 Å². The minimum Gasteiger partial charge on any atom is -0.492 e. The third kappa shape index (κ3) is 7.93. The Hall–Kier alpha value is -3.07. The van der Waals surface area contributed by atoms with Crippen LogP contribution in [-0.2, 0) is 9.53 Å². The van der Waals surface area contributed by atoms with Crippen LogP contribution < -0.4 is 20.3 Å². The lowest BCUT2D eigenvalue weighted by Crippen LogP contribution is -2.43. The molecule has 0 aliphatic rings. The number of halogens is 1. The van der Waals surface area contributed by atoms with Gasteiger partial charge in [0.1, 0.15) is 11.5 Å². The first-order chi connectivity index (χ1) is 14.9. The van der Waals surface area contributed by atoms with Gasteiger partial charge in [0.15, 0.2) is 6.61 Å². The molecule has 166 valence electrons. The number of amides is 2. The number of ether oxygens (including phenoxy) is 3. The Morgan fingerprint density at radius 1 is 0.871 bits per heavy atom. The average Bonchev–Trinajstić information content (AvgIpc) is 2.79. The van der Waals surface area contributed by atoms with E-state index in [9.17, 15) is 14.4 Å². The molecule has 2 aromatic rings. The summed E-state index contributed by atoms with van der Waals surface area (Å²) < 4.78 is 16.6. The van der Waals surface area contributed by atoms with Crippen LogP contribution in [-0.4, -0.2) is 37.6 Å². The van der Waals surface area contributed by atoms with E-state index in [4.69, 9.17) is 14.2 Å². The molecule has 0 unspecified atom stereocenters. The van der Waals surface area contributed by atoms with Crippen molar-refractivity contribution in [2.75, 3.05) is 19.8 Å². The van der Waals surface area contributed by atoms with Crippen LogP contribution >= 0.6 is 15.9 Å². The molecule has 2 rings (SSSR count). The summed E-state index contributed by atoms with van der Waals surface area (Å²) in [5.74, 6) is -0.390. The second-order valence-electron chi connectivity index (χ2n) is 6.44. The van der Waals surface area contributed by atoms with Gasteiger partial charge in [-0.1, -0.05) is 13.8 Å².